The van der Waals surface area contributed by atoms with E-state index in [9.17, 15) is 0 Å². The molecule has 14 heavy (non-hydrogen) atoms. The molecule has 0 amide bonds. The minimum absolute atomic E-state index is 0.445. The highest BCUT2D eigenvalue weighted by molar-refractivity contribution is 4.71. The summed E-state index contributed by atoms with van der Waals surface area (Å²) in [7, 11) is 0. The first-order chi connectivity index (χ1) is 6.52. The van der Waals surface area contributed by atoms with Gasteiger partial charge in [-0.2, -0.15) is 0 Å². The number of hydrogen-bond acceptors (Lipinski definition) is 2. The van der Waals surface area contributed by atoms with E-state index in [1.807, 2.05) is 0 Å². The van der Waals surface area contributed by atoms with E-state index in [2.05, 4.69) is 33.0 Å². The van der Waals surface area contributed by atoms with Crippen LogP contribution in [0, 0.1) is 11.3 Å². The molecule has 0 rings (SSSR count). The molecular weight excluding hydrogens is 172 g/mol. The van der Waals surface area contributed by atoms with Crippen LogP contribution in [0.2, 0.25) is 0 Å². The third-order valence-corrected chi connectivity index (χ3v) is 2.75. The Balaban J connectivity index is 3.43. The van der Waals surface area contributed by atoms with Crippen LogP contribution < -0.4 is 11.1 Å². The van der Waals surface area contributed by atoms with Gasteiger partial charge in [-0.1, -0.05) is 34.1 Å². The van der Waals surface area contributed by atoms with Crippen molar-refractivity contribution in [3.63, 3.8) is 0 Å². The molecule has 2 nitrogen and oxygen atoms in total. The van der Waals surface area contributed by atoms with E-state index in [-0.39, 0.29) is 0 Å². The van der Waals surface area contributed by atoms with Crippen LogP contribution in [0.25, 0.3) is 0 Å². The molecule has 2 heteroatoms. The molecule has 0 aliphatic rings. The van der Waals surface area contributed by atoms with Crippen molar-refractivity contribution in [2.45, 2.75) is 47.0 Å². The van der Waals surface area contributed by atoms with E-state index in [0.717, 1.165) is 19.6 Å². The Kier molecular flexibility index (Phi) is 7.20. The number of nitrogens with two attached hydrogens (primary N) is 1. The zero-order chi connectivity index (χ0) is 11.0. The standard InChI is InChI=1S/C12H28N2/c1-5-7-12(3,4)10-14-8-6-11(2)9-13/h11,14H,5-10,13H2,1-4H3. The summed E-state index contributed by atoms with van der Waals surface area (Å²) >= 11 is 0. The van der Waals surface area contributed by atoms with Gasteiger partial charge < -0.3 is 11.1 Å². The van der Waals surface area contributed by atoms with Gasteiger partial charge in [0.1, 0.15) is 0 Å². The lowest BCUT2D eigenvalue weighted by atomic mass is 9.88. The average molecular weight is 200 g/mol. The Morgan fingerprint density at radius 2 is 2.00 bits per heavy atom. The van der Waals surface area contributed by atoms with Crippen molar-refractivity contribution in [3.05, 3.63) is 0 Å². The molecule has 0 aliphatic heterocycles. The fourth-order valence-electron chi connectivity index (χ4n) is 1.66. The van der Waals surface area contributed by atoms with E-state index in [4.69, 9.17) is 5.73 Å². The maximum absolute atomic E-state index is 5.56. The Morgan fingerprint density at radius 3 is 2.50 bits per heavy atom. The average Bonchev–Trinajstić information content (AvgIpc) is 2.12. The zero-order valence-corrected chi connectivity index (χ0v) is 10.4. The van der Waals surface area contributed by atoms with Crippen molar-refractivity contribution >= 4 is 0 Å². The second-order valence-corrected chi connectivity index (χ2v) is 5.22. The SMILES string of the molecule is CCCC(C)(C)CNCCC(C)CN. The second kappa shape index (κ2) is 7.24. The predicted molar refractivity (Wildman–Crippen MR) is 64.4 cm³/mol. The third-order valence-electron chi connectivity index (χ3n) is 2.75. The van der Waals surface area contributed by atoms with Gasteiger partial charge in [0, 0.05) is 6.54 Å². The maximum atomic E-state index is 5.56. The minimum atomic E-state index is 0.445. The van der Waals surface area contributed by atoms with E-state index in [0.29, 0.717) is 11.3 Å². The van der Waals surface area contributed by atoms with Crippen molar-refractivity contribution < 1.29 is 0 Å². The van der Waals surface area contributed by atoms with Gasteiger partial charge in [-0.3, -0.25) is 0 Å². The molecule has 0 saturated carbocycles. The molecule has 3 N–H and O–H groups in total. The van der Waals surface area contributed by atoms with Crippen LogP contribution in [-0.2, 0) is 0 Å². The maximum Gasteiger partial charge on any atom is 0.000252 e. The Bertz CT molecular complexity index is 132. The molecular formula is C12H28N2. The number of hydrogen-bond donors (Lipinski definition) is 2. The summed E-state index contributed by atoms with van der Waals surface area (Å²) in [6.07, 6.45) is 3.76. The molecule has 0 fully saturated rings. The molecule has 0 aromatic rings. The van der Waals surface area contributed by atoms with Crippen LogP contribution in [0.5, 0.6) is 0 Å². The summed E-state index contributed by atoms with van der Waals surface area (Å²) in [5.74, 6) is 0.650. The quantitative estimate of drug-likeness (QED) is 0.590. The van der Waals surface area contributed by atoms with Crippen molar-refractivity contribution in [2.75, 3.05) is 19.6 Å². The first kappa shape index (κ1) is 13.9. The third kappa shape index (κ3) is 7.34. The van der Waals surface area contributed by atoms with Crippen molar-refractivity contribution in [3.8, 4) is 0 Å². The molecule has 0 aromatic heterocycles. The number of nitrogens with one attached hydrogen (secondary N) is 1. The minimum Gasteiger partial charge on any atom is -0.330 e. The summed E-state index contributed by atoms with van der Waals surface area (Å²) in [4.78, 5) is 0. The highest BCUT2D eigenvalue weighted by Crippen LogP contribution is 2.20. The summed E-state index contributed by atoms with van der Waals surface area (Å²) in [6.45, 7) is 12.1. The van der Waals surface area contributed by atoms with Gasteiger partial charge in [-0.05, 0) is 37.3 Å². The van der Waals surface area contributed by atoms with Crippen molar-refractivity contribution in [1.82, 2.24) is 5.32 Å². The van der Waals surface area contributed by atoms with Crippen LogP contribution in [-0.4, -0.2) is 19.6 Å². The molecule has 0 heterocycles. The highest BCUT2D eigenvalue weighted by atomic mass is 14.9. The van der Waals surface area contributed by atoms with Gasteiger partial charge in [0.05, 0.1) is 0 Å². The Labute approximate surface area is 89.6 Å². The molecule has 1 unspecified atom stereocenters. The Morgan fingerprint density at radius 1 is 1.36 bits per heavy atom. The molecule has 0 aliphatic carbocycles. The fraction of sp³-hybridized carbons (Fsp3) is 1.00. The number of rotatable bonds is 8. The van der Waals surface area contributed by atoms with Crippen molar-refractivity contribution in [2.24, 2.45) is 17.1 Å². The lowest BCUT2D eigenvalue weighted by Crippen LogP contribution is -2.31. The molecule has 86 valence electrons. The predicted octanol–water partition coefficient (Wildman–Crippen LogP) is 2.39. The first-order valence-corrected chi connectivity index (χ1v) is 5.92. The normalized spacial score (nSPS) is 14.4. The topological polar surface area (TPSA) is 38.0 Å². The molecule has 0 aromatic carbocycles. The lowest BCUT2D eigenvalue weighted by Gasteiger charge is -2.24. The van der Waals surface area contributed by atoms with Crippen LogP contribution in [0.15, 0.2) is 0 Å². The van der Waals surface area contributed by atoms with Gasteiger partial charge in [0.25, 0.3) is 0 Å². The molecule has 0 radical (unpaired) electrons. The van der Waals surface area contributed by atoms with Gasteiger partial charge in [-0.25, -0.2) is 0 Å². The monoisotopic (exact) mass is 200 g/mol. The van der Waals surface area contributed by atoms with E-state index in [1.165, 1.54) is 19.3 Å². The fourth-order valence-corrected chi connectivity index (χ4v) is 1.66. The largest absolute Gasteiger partial charge is 0.330 e. The first-order valence-electron chi connectivity index (χ1n) is 5.92. The smallest absolute Gasteiger partial charge is 0.000252 e. The molecule has 0 saturated heterocycles. The van der Waals surface area contributed by atoms with Crippen LogP contribution >= 0.6 is 0 Å². The van der Waals surface area contributed by atoms with E-state index in [1.54, 1.807) is 0 Å². The highest BCUT2D eigenvalue weighted by Gasteiger charge is 2.15. The van der Waals surface area contributed by atoms with Gasteiger partial charge in [0.15, 0.2) is 0 Å². The van der Waals surface area contributed by atoms with Crippen LogP contribution in [0.3, 0.4) is 0 Å². The zero-order valence-electron chi connectivity index (χ0n) is 10.4. The summed E-state index contributed by atoms with van der Waals surface area (Å²) < 4.78 is 0. The van der Waals surface area contributed by atoms with Crippen LogP contribution in [0.1, 0.15) is 47.0 Å². The van der Waals surface area contributed by atoms with Gasteiger partial charge in [-0.15, -0.1) is 0 Å². The summed E-state index contributed by atoms with van der Waals surface area (Å²) in [5.41, 5.74) is 6.01. The lowest BCUT2D eigenvalue weighted by molar-refractivity contribution is 0.307. The molecule has 1 atom stereocenters. The van der Waals surface area contributed by atoms with E-state index >= 15 is 0 Å². The summed E-state index contributed by atoms with van der Waals surface area (Å²) in [5, 5.41) is 3.52. The Hall–Kier alpha value is -0.0800. The van der Waals surface area contributed by atoms with Crippen LogP contribution in [0.4, 0.5) is 0 Å². The van der Waals surface area contributed by atoms with E-state index < -0.39 is 0 Å². The summed E-state index contributed by atoms with van der Waals surface area (Å²) in [6, 6.07) is 0. The molecule has 0 spiro atoms. The second-order valence-electron chi connectivity index (χ2n) is 5.22. The molecule has 0 bridgehead atoms. The van der Waals surface area contributed by atoms with Crippen molar-refractivity contribution in [1.29, 1.82) is 0 Å². The van der Waals surface area contributed by atoms with Gasteiger partial charge in [0.2, 0.25) is 0 Å². The van der Waals surface area contributed by atoms with Gasteiger partial charge >= 0.3 is 0 Å².